The molecule has 0 aliphatic heterocycles. The minimum absolute atomic E-state index is 0.783. The number of allylic oxidation sites excluding steroid dienone is 4. The second-order valence-electron chi connectivity index (χ2n) is 4.57. The van der Waals surface area contributed by atoms with E-state index in [0.29, 0.717) is 0 Å². The van der Waals surface area contributed by atoms with E-state index >= 15 is 0 Å². The van der Waals surface area contributed by atoms with Gasteiger partial charge in [-0.1, -0.05) is 37.8 Å². The second-order valence-corrected chi connectivity index (χ2v) is 4.57. The van der Waals surface area contributed by atoms with Crippen LogP contribution in [0.5, 0.6) is 0 Å². The number of nitrogens with zero attached hydrogens (tertiary/aromatic N) is 1. The van der Waals surface area contributed by atoms with E-state index in [-0.39, 0.29) is 0 Å². The summed E-state index contributed by atoms with van der Waals surface area (Å²) in [6.45, 7) is 7.32. The van der Waals surface area contributed by atoms with Crippen molar-refractivity contribution >= 4 is 0 Å². The zero-order valence-electron chi connectivity index (χ0n) is 10.8. The summed E-state index contributed by atoms with van der Waals surface area (Å²) >= 11 is 0. The van der Waals surface area contributed by atoms with Gasteiger partial charge in [-0.15, -0.1) is 0 Å². The smallest absolute Gasteiger partial charge is 0.0353 e. The summed E-state index contributed by atoms with van der Waals surface area (Å²) in [5, 5.41) is 0. The Bertz CT molecular complexity index is 259. The fraction of sp³-hybridized carbons (Fsp3) is 0.600. The first-order chi connectivity index (χ1) is 7.75. The zero-order chi connectivity index (χ0) is 11.8. The molecular formula is C15H25N. The zero-order valence-corrected chi connectivity index (χ0v) is 10.8. The first-order valence-electron chi connectivity index (χ1n) is 6.45. The minimum Gasteiger partial charge on any atom is -0.374 e. The Balaban J connectivity index is 2.06. The summed E-state index contributed by atoms with van der Waals surface area (Å²) < 4.78 is 0. The van der Waals surface area contributed by atoms with Gasteiger partial charge < -0.3 is 4.90 Å². The highest BCUT2D eigenvalue weighted by molar-refractivity contribution is 5.07. The maximum Gasteiger partial charge on any atom is 0.0353 e. The predicted molar refractivity (Wildman–Crippen MR) is 72.3 cm³/mol. The van der Waals surface area contributed by atoms with Gasteiger partial charge in [0.25, 0.3) is 0 Å². The van der Waals surface area contributed by atoms with Crippen molar-refractivity contribution < 1.29 is 0 Å². The molecule has 0 aromatic rings. The lowest BCUT2D eigenvalue weighted by atomic mass is 10.2. The third-order valence-corrected chi connectivity index (χ3v) is 2.99. The van der Waals surface area contributed by atoms with Gasteiger partial charge >= 0.3 is 0 Å². The molecule has 1 saturated carbocycles. The van der Waals surface area contributed by atoms with Crippen LogP contribution in [0.15, 0.2) is 36.6 Å². The minimum atomic E-state index is 0.783. The SMILES string of the molecule is C=C(C1CC1)N(C)C/C=C/CC/C=C\CC. The van der Waals surface area contributed by atoms with Crippen LogP contribution in [0.25, 0.3) is 0 Å². The molecule has 1 nitrogen and oxygen atoms in total. The standard InChI is InChI=1S/C15H25N/c1-4-5-6-7-8-9-10-13-16(3)14(2)15-11-12-15/h5-6,9-10,15H,2,4,7-8,11-13H2,1,3H3/b6-5-,10-9+. The Labute approximate surface area is 101 Å². The molecule has 0 amide bonds. The largest absolute Gasteiger partial charge is 0.374 e. The van der Waals surface area contributed by atoms with Crippen molar-refractivity contribution in [3.63, 3.8) is 0 Å². The first-order valence-corrected chi connectivity index (χ1v) is 6.45. The summed E-state index contributed by atoms with van der Waals surface area (Å²) in [6, 6.07) is 0. The van der Waals surface area contributed by atoms with E-state index < -0.39 is 0 Å². The molecule has 0 bridgehead atoms. The van der Waals surface area contributed by atoms with Crippen molar-refractivity contribution in [2.45, 2.75) is 39.0 Å². The number of hydrogen-bond acceptors (Lipinski definition) is 1. The van der Waals surface area contributed by atoms with Crippen LogP contribution >= 0.6 is 0 Å². The molecule has 0 aromatic carbocycles. The van der Waals surface area contributed by atoms with Gasteiger partial charge in [-0.05, 0) is 38.0 Å². The quantitative estimate of drug-likeness (QED) is 0.438. The van der Waals surface area contributed by atoms with Gasteiger partial charge in [0.15, 0.2) is 0 Å². The van der Waals surface area contributed by atoms with Crippen LogP contribution in [0, 0.1) is 5.92 Å². The van der Waals surface area contributed by atoms with Gasteiger partial charge in [0.2, 0.25) is 0 Å². The van der Waals surface area contributed by atoms with Crippen molar-refractivity contribution in [1.82, 2.24) is 4.90 Å². The molecule has 90 valence electrons. The first kappa shape index (κ1) is 13.1. The summed E-state index contributed by atoms with van der Waals surface area (Å²) in [5.74, 6) is 0.783. The normalized spacial score (nSPS) is 16.1. The number of likely N-dealkylation sites (N-methyl/N-ethyl adjacent to an activating group) is 1. The van der Waals surface area contributed by atoms with Crippen LogP contribution in [0.3, 0.4) is 0 Å². The summed E-state index contributed by atoms with van der Waals surface area (Å²) in [6.07, 6.45) is 15.2. The van der Waals surface area contributed by atoms with E-state index in [1.54, 1.807) is 0 Å². The Morgan fingerprint density at radius 1 is 1.19 bits per heavy atom. The lowest BCUT2D eigenvalue weighted by Crippen LogP contribution is -2.17. The molecule has 1 aliphatic carbocycles. The molecule has 0 unspecified atom stereocenters. The predicted octanol–water partition coefficient (Wildman–Crippen LogP) is 4.14. The van der Waals surface area contributed by atoms with Crippen LogP contribution in [0.2, 0.25) is 0 Å². The Morgan fingerprint density at radius 3 is 2.38 bits per heavy atom. The highest BCUT2D eigenvalue weighted by atomic mass is 15.1. The van der Waals surface area contributed by atoms with E-state index in [4.69, 9.17) is 0 Å². The van der Waals surface area contributed by atoms with Crippen LogP contribution in [-0.4, -0.2) is 18.5 Å². The summed E-state index contributed by atoms with van der Waals surface area (Å²) in [7, 11) is 2.14. The number of rotatable bonds is 8. The van der Waals surface area contributed by atoms with Crippen molar-refractivity contribution in [2.24, 2.45) is 5.92 Å². The van der Waals surface area contributed by atoms with Gasteiger partial charge in [0, 0.05) is 19.3 Å². The molecular weight excluding hydrogens is 194 g/mol. The van der Waals surface area contributed by atoms with Crippen molar-refractivity contribution in [2.75, 3.05) is 13.6 Å². The fourth-order valence-electron chi connectivity index (χ4n) is 1.67. The van der Waals surface area contributed by atoms with Gasteiger partial charge in [0.1, 0.15) is 0 Å². The number of unbranched alkanes of at least 4 members (excludes halogenated alkanes) is 1. The van der Waals surface area contributed by atoms with Gasteiger partial charge in [-0.25, -0.2) is 0 Å². The Hall–Kier alpha value is -0.980. The van der Waals surface area contributed by atoms with Gasteiger partial charge in [-0.2, -0.15) is 0 Å². The lowest BCUT2D eigenvalue weighted by molar-refractivity contribution is 0.438. The lowest BCUT2D eigenvalue weighted by Gasteiger charge is -2.19. The monoisotopic (exact) mass is 219 g/mol. The van der Waals surface area contributed by atoms with Crippen LogP contribution in [0.4, 0.5) is 0 Å². The van der Waals surface area contributed by atoms with Crippen LogP contribution in [0.1, 0.15) is 39.0 Å². The van der Waals surface area contributed by atoms with Crippen molar-refractivity contribution in [1.29, 1.82) is 0 Å². The van der Waals surface area contributed by atoms with E-state index in [9.17, 15) is 0 Å². The summed E-state index contributed by atoms with van der Waals surface area (Å²) in [5.41, 5.74) is 1.32. The molecule has 0 heterocycles. The van der Waals surface area contributed by atoms with E-state index in [1.807, 2.05) is 0 Å². The third kappa shape index (κ3) is 5.20. The molecule has 0 saturated heterocycles. The molecule has 1 fully saturated rings. The van der Waals surface area contributed by atoms with E-state index in [1.165, 1.54) is 18.5 Å². The van der Waals surface area contributed by atoms with Crippen LogP contribution in [-0.2, 0) is 0 Å². The van der Waals surface area contributed by atoms with Crippen molar-refractivity contribution in [3.8, 4) is 0 Å². The average Bonchev–Trinajstić information content (AvgIpc) is 3.10. The van der Waals surface area contributed by atoms with Gasteiger partial charge in [0.05, 0.1) is 0 Å². The highest BCUT2D eigenvalue weighted by Crippen LogP contribution is 2.36. The van der Waals surface area contributed by atoms with Crippen LogP contribution < -0.4 is 0 Å². The molecule has 0 aromatic heterocycles. The molecule has 1 aliphatic rings. The molecule has 0 atom stereocenters. The molecule has 1 heteroatoms. The molecule has 0 radical (unpaired) electrons. The maximum atomic E-state index is 4.14. The molecule has 16 heavy (non-hydrogen) atoms. The average molecular weight is 219 g/mol. The third-order valence-electron chi connectivity index (χ3n) is 2.99. The van der Waals surface area contributed by atoms with E-state index in [2.05, 4.69) is 49.8 Å². The second kappa shape index (κ2) is 7.32. The summed E-state index contributed by atoms with van der Waals surface area (Å²) in [4.78, 5) is 2.27. The molecule has 0 N–H and O–H groups in total. The molecule has 1 rings (SSSR count). The Kier molecular flexibility index (Phi) is 5.99. The van der Waals surface area contributed by atoms with Gasteiger partial charge in [-0.3, -0.25) is 0 Å². The highest BCUT2D eigenvalue weighted by Gasteiger charge is 2.26. The van der Waals surface area contributed by atoms with Crippen molar-refractivity contribution in [3.05, 3.63) is 36.6 Å². The van der Waals surface area contributed by atoms with E-state index in [0.717, 1.165) is 31.7 Å². The Morgan fingerprint density at radius 2 is 1.81 bits per heavy atom. The number of hydrogen-bond donors (Lipinski definition) is 0. The molecule has 0 spiro atoms. The topological polar surface area (TPSA) is 3.24 Å². The maximum absolute atomic E-state index is 4.14. The fourth-order valence-corrected chi connectivity index (χ4v) is 1.67.